The maximum absolute atomic E-state index is 11.7. The van der Waals surface area contributed by atoms with Gasteiger partial charge >= 0.3 is 0 Å². The van der Waals surface area contributed by atoms with Crippen LogP contribution in [0.4, 0.5) is 5.69 Å². The summed E-state index contributed by atoms with van der Waals surface area (Å²) in [6, 6.07) is 7.28. The molecule has 0 saturated heterocycles. The van der Waals surface area contributed by atoms with Crippen LogP contribution in [0.15, 0.2) is 24.3 Å². The van der Waals surface area contributed by atoms with Crippen molar-refractivity contribution in [2.75, 3.05) is 46.2 Å². The number of hydrogen-bond donors (Lipinski definition) is 2. The SMILES string of the molecule is COCCNCC(=O)Nc1ccc(CC(=O)N(C)C)cc1. The maximum Gasteiger partial charge on any atom is 0.238 e. The highest BCUT2D eigenvalue weighted by atomic mass is 16.5. The fraction of sp³-hybridized carbons (Fsp3) is 0.467. The molecular weight excluding hydrogens is 270 g/mol. The molecule has 2 N–H and O–H groups in total. The molecule has 0 spiro atoms. The minimum Gasteiger partial charge on any atom is -0.383 e. The Labute approximate surface area is 125 Å². The largest absolute Gasteiger partial charge is 0.383 e. The van der Waals surface area contributed by atoms with E-state index in [1.807, 2.05) is 12.1 Å². The summed E-state index contributed by atoms with van der Waals surface area (Å²) in [5, 5.41) is 5.75. The van der Waals surface area contributed by atoms with Crippen molar-refractivity contribution in [3.8, 4) is 0 Å². The van der Waals surface area contributed by atoms with Crippen molar-refractivity contribution in [2.24, 2.45) is 0 Å². The van der Waals surface area contributed by atoms with Crippen LogP contribution in [0.5, 0.6) is 0 Å². The third kappa shape index (κ3) is 6.87. The molecule has 0 aromatic heterocycles. The number of carbonyl (C=O) groups excluding carboxylic acids is 2. The van der Waals surface area contributed by atoms with E-state index in [0.717, 1.165) is 11.3 Å². The highest BCUT2D eigenvalue weighted by Gasteiger charge is 2.06. The van der Waals surface area contributed by atoms with Crippen LogP contribution in [0.2, 0.25) is 0 Å². The Morgan fingerprint density at radius 1 is 1.19 bits per heavy atom. The smallest absolute Gasteiger partial charge is 0.238 e. The normalized spacial score (nSPS) is 10.2. The average Bonchev–Trinajstić information content (AvgIpc) is 2.45. The van der Waals surface area contributed by atoms with Gasteiger partial charge in [0.2, 0.25) is 11.8 Å². The molecule has 1 rings (SSSR count). The quantitative estimate of drug-likeness (QED) is 0.685. The highest BCUT2D eigenvalue weighted by molar-refractivity contribution is 5.92. The van der Waals surface area contributed by atoms with E-state index in [-0.39, 0.29) is 18.4 Å². The summed E-state index contributed by atoms with van der Waals surface area (Å²) in [5.41, 5.74) is 1.64. The van der Waals surface area contributed by atoms with Gasteiger partial charge in [0, 0.05) is 33.4 Å². The zero-order valence-corrected chi connectivity index (χ0v) is 12.8. The number of ether oxygens (including phenoxy) is 1. The standard InChI is InChI=1S/C15H23N3O3/c1-18(2)15(20)10-12-4-6-13(7-5-12)17-14(19)11-16-8-9-21-3/h4-7,16H,8-11H2,1-3H3,(H,17,19). The Hall–Kier alpha value is -1.92. The Morgan fingerprint density at radius 3 is 2.43 bits per heavy atom. The van der Waals surface area contributed by atoms with Crippen molar-refractivity contribution in [3.05, 3.63) is 29.8 Å². The molecule has 0 aliphatic rings. The van der Waals surface area contributed by atoms with Crippen LogP contribution >= 0.6 is 0 Å². The van der Waals surface area contributed by atoms with Crippen LogP contribution in [-0.4, -0.2) is 57.6 Å². The van der Waals surface area contributed by atoms with E-state index >= 15 is 0 Å². The third-order valence-corrected chi connectivity index (χ3v) is 2.86. The van der Waals surface area contributed by atoms with Gasteiger partial charge < -0.3 is 20.3 Å². The zero-order valence-electron chi connectivity index (χ0n) is 12.8. The van der Waals surface area contributed by atoms with Crippen LogP contribution in [0.25, 0.3) is 0 Å². The summed E-state index contributed by atoms with van der Waals surface area (Å²) >= 11 is 0. The van der Waals surface area contributed by atoms with Crippen molar-refractivity contribution >= 4 is 17.5 Å². The third-order valence-electron chi connectivity index (χ3n) is 2.86. The molecule has 116 valence electrons. The van der Waals surface area contributed by atoms with Gasteiger partial charge in [0.15, 0.2) is 0 Å². The van der Waals surface area contributed by atoms with Gasteiger partial charge in [-0.3, -0.25) is 9.59 Å². The molecule has 0 aliphatic heterocycles. The number of rotatable bonds is 8. The fourth-order valence-corrected chi connectivity index (χ4v) is 1.62. The van der Waals surface area contributed by atoms with Gasteiger partial charge in [0.25, 0.3) is 0 Å². The zero-order chi connectivity index (χ0) is 15.7. The Balaban J connectivity index is 2.40. The lowest BCUT2D eigenvalue weighted by molar-refractivity contribution is -0.128. The van der Waals surface area contributed by atoms with Crippen LogP contribution < -0.4 is 10.6 Å². The van der Waals surface area contributed by atoms with E-state index in [1.165, 1.54) is 0 Å². The minimum absolute atomic E-state index is 0.0501. The number of carbonyl (C=O) groups is 2. The Bertz CT molecular complexity index is 458. The van der Waals surface area contributed by atoms with Gasteiger partial charge in [-0.2, -0.15) is 0 Å². The van der Waals surface area contributed by atoms with Crippen molar-refractivity contribution < 1.29 is 14.3 Å². The molecule has 0 unspecified atom stereocenters. The van der Waals surface area contributed by atoms with Gasteiger partial charge in [0.05, 0.1) is 19.6 Å². The average molecular weight is 293 g/mol. The van der Waals surface area contributed by atoms with E-state index in [9.17, 15) is 9.59 Å². The summed E-state index contributed by atoms with van der Waals surface area (Å²) in [7, 11) is 5.07. The van der Waals surface area contributed by atoms with Crippen LogP contribution in [-0.2, 0) is 20.7 Å². The van der Waals surface area contributed by atoms with Crippen molar-refractivity contribution in [1.29, 1.82) is 0 Å². The molecule has 6 heteroatoms. The summed E-state index contributed by atoms with van der Waals surface area (Å²) < 4.78 is 4.88. The van der Waals surface area contributed by atoms with Crippen molar-refractivity contribution in [1.82, 2.24) is 10.2 Å². The monoisotopic (exact) mass is 293 g/mol. The second kappa shape index (κ2) is 9.10. The molecule has 21 heavy (non-hydrogen) atoms. The number of likely N-dealkylation sites (N-methyl/N-ethyl adjacent to an activating group) is 1. The van der Waals surface area contributed by atoms with E-state index in [1.54, 1.807) is 38.2 Å². The number of benzene rings is 1. The first-order valence-electron chi connectivity index (χ1n) is 6.81. The molecule has 6 nitrogen and oxygen atoms in total. The lowest BCUT2D eigenvalue weighted by atomic mass is 10.1. The molecular formula is C15H23N3O3. The van der Waals surface area contributed by atoms with Gasteiger partial charge in [0.1, 0.15) is 0 Å². The number of hydrogen-bond acceptors (Lipinski definition) is 4. The van der Waals surface area contributed by atoms with E-state index < -0.39 is 0 Å². The molecule has 0 bridgehead atoms. The fourth-order valence-electron chi connectivity index (χ4n) is 1.62. The molecule has 0 heterocycles. The van der Waals surface area contributed by atoms with Gasteiger partial charge in [-0.1, -0.05) is 12.1 Å². The first-order chi connectivity index (χ1) is 10.0. The first kappa shape index (κ1) is 17.1. The molecule has 2 amide bonds. The molecule has 0 aliphatic carbocycles. The van der Waals surface area contributed by atoms with Crippen LogP contribution in [0, 0.1) is 0 Å². The van der Waals surface area contributed by atoms with Crippen molar-refractivity contribution in [3.63, 3.8) is 0 Å². The molecule has 0 saturated carbocycles. The summed E-state index contributed by atoms with van der Waals surface area (Å²) in [6.45, 7) is 1.45. The maximum atomic E-state index is 11.7. The van der Waals surface area contributed by atoms with Crippen LogP contribution in [0.3, 0.4) is 0 Å². The van der Waals surface area contributed by atoms with Crippen LogP contribution in [0.1, 0.15) is 5.56 Å². The lowest BCUT2D eigenvalue weighted by Gasteiger charge is -2.11. The molecule has 1 aromatic rings. The number of methoxy groups -OCH3 is 1. The summed E-state index contributed by atoms with van der Waals surface area (Å²) in [6.07, 6.45) is 0.361. The summed E-state index contributed by atoms with van der Waals surface area (Å²) in [5.74, 6) is -0.0580. The Kier molecular flexibility index (Phi) is 7.42. The van der Waals surface area contributed by atoms with Gasteiger partial charge in [-0.05, 0) is 17.7 Å². The summed E-state index contributed by atoms with van der Waals surface area (Å²) in [4.78, 5) is 24.8. The lowest BCUT2D eigenvalue weighted by Crippen LogP contribution is -2.30. The first-order valence-corrected chi connectivity index (χ1v) is 6.81. The molecule has 0 fully saturated rings. The van der Waals surface area contributed by atoms with E-state index in [2.05, 4.69) is 10.6 Å². The number of amides is 2. The van der Waals surface area contributed by atoms with Gasteiger partial charge in [-0.25, -0.2) is 0 Å². The van der Waals surface area contributed by atoms with Crippen molar-refractivity contribution in [2.45, 2.75) is 6.42 Å². The number of nitrogens with zero attached hydrogens (tertiary/aromatic N) is 1. The molecule has 0 atom stereocenters. The predicted octanol–water partition coefficient (Wildman–Crippen LogP) is 0.492. The van der Waals surface area contributed by atoms with E-state index in [4.69, 9.17) is 4.74 Å². The predicted molar refractivity (Wildman–Crippen MR) is 82.2 cm³/mol. The number of anilines is 1. The minimum atomic E-state index is -0.108. The van der Waals surface area contributed by atoms with E-state index in [0.29, 0.717) is 19.6 Å². The molecule has 0 radical (unpaired) electrons. The highest BCUT2D eigenvalue weighted by Crippen LogP contribution is 2.10. The molecule has 1 aromatic carbocycles. The Morgan fingerprint density at radius 2 is 1.86 bits per heavy atom. The second-order valence-electron chi connectivity index (χ2n) is 4.88. The second-order valence-corrected chi connectivity index (χ2v) is 4.88. The number of nitrogens with one attached hydrogen (secondary N) is 2. The van der Waals surface area contributed by atoms with Gasteiger partial charge in [-0.15, -0.1) is 0 Å². The topological polar surface area (TPSA) is 70.7 Å².